The predicted molar refractivity (Wildman–Crippen MR) is 92.2 cm³/mol. The fraction of sp³-hybridized carbons (Fsp3) is 0.467. The van der Waals surface area contributed by atoms with Gasteiger partial charge in [0.1, 0.15) is 12.4 Å². The van der Waals surface area contributed by atoms with Gasteiger partial charge < -0.3 is 15.2 Å². The van der Waals surface area contributed by atoms with E-state index in [2.05, 4.69) is 15.5 Å². The van der Waals surface area contributed by atoms with E-state index in [-0.39, 0.29) is 6.61 Å². The number of aliphatic hydroxyl groups is 1. The number of ether oxygens (including phenoxy) is 1. The van der Waals surface area contributed by atoms with Crippen molar-refractivity contribution in [3.05, 3.63) is 29.3 Å². The van der Waals surface area contributed by atoms with Crippen LogP contribution >= 0.6 is 23.1 Å². The van der Waals surface area contributed by atoms with Crippen LogP contribution in [0.2, 0.25) is 0 Å². The Hall–Kier alpha value is -1.31. The molecule has 2 rings (SSSR count). The van der Waals surface area contributed by atoms with Crippen LogP contribution < -0.4 is 10.1 Å². The SMILES string of the molecule is CCNc1nnc(SCC(O)COc2cc(C)ccc2C)s1. The molecule has 1 heterocycles. The molecule has 0 radical (unpaired) electrons. The Balaban J connectivity index is 1.77. The van der Waals surface area contributed by atoms with Crippen LogP contribution in [0.4, 0.5) is 5.13 Å². The van der Waals surface area contributed by atoms with E-state index < -0.39 is 6.10 Å². The van der Waals surface area contributed by atoms with E-state index in [1.54, 1.807) is 0 Å². The minimum Gasteiger partial charge on any atom is -0.491 e. The highest BCUT2D eigenvalue weighted by Gasteiger charge is 2.10. The Morgan fingerprint density at radius 3 is 2.95 bits per heavy atom. The summed E-state index contributed by atoms with van der Waals surface area (Å²) in [5.41, 5.74) is 2.22. The number of nitrogens with one attached hydrogen (secondary N) is 1. The highest BCUT2D eigenvalue weighted by molar-refractivity contribution is 8.01. The number of rotatable bonds is 8. The summed E-state index contributed by atoms with van der Waals surface area (Å²) in [5, 5.41) is 22.1. The average Bonchev–Trinajstić information content (AvgIpc) is 2.94. The molecule has 2 aromatic rings. The van der Waals surface area contributed by atoms with Gasteiger partial charge in [-0.3, -0.25) is 0 Å². The largest absolute Gasteiger partial charge is 0.491 e. The fourth-order valence-electron chi connectivity index (χ4n) is 1.76. The molecule has 0 saturated carbocycles. The van der Waals surface area contributed by atoms with Crippen LogP contribution in [0.5, 0.6) is 5.75 Å². The number of thioether (sulfide) groups is 1. The van der Waals surface area contributed by atoms with Crippen molar-refractivity contribution in [2.45, 2.75) is 31.2 Å². The minimum atomic E-state index is -0.545. The highest BCUT2D eigenvalue weighted by Crippen LogP contribution is 2.26. The molecule has 120 valence electrons. The first kappa shape index (κ1) is 17.1. The van der Waals surface area contributed by atoms with E-state index in [4.69, 9.17) is 4.74 Å². The van der Waals surface area contributed by atoms with Gasteiger partial charge in [-0.1, -0.05) is 35.2 Å². The van der Waals surface area contributed by atoms with Crippen molar-refractivity contribution >= 4 is 28.2 Å². The first-order chi connectivity index (χ1) is 10.6. The molecular formula is C15H21N3O2S2. The normalized spacial score (nSPS) is 12.2. The first-order valence-corrected chi connectivity index (χ1v) is 8.97. The smallest absolute Gasteiger partial charge is 0.206 e. The van der Waals surface area contributed by atoms with E-state index in [1.165, 1.54) is 23.1 Å². The number of benzene rings is 1. The summed E-state index contributed by atoms with van der Waals surface area (Å²) in [6.07, 6.45) is -0.545. The van der Waals surface area contributed by atoms with Gasteiger partial charge in [0.2, 0.25) is 5.13 Å². The number of aryl methyl sites for hydroxylation is 2. The van der Waals surface area contributed by atoms with Crippen molar-refractivity contribution in [1.29, 1.82) is 0 Å². The Kier molecular flexibility index (Phi) is 6.48. The summed E-state index contributed by atoms with van der Waals surface area (Å²) in [6.45, 7) is 7.14. The lowest BCUT2D eigenvalue weighted by Crippen LogP contribution is -2.20. The number of hydrogen-bond acceptors (Lipinski definition) is 7. The molecule has 22 heavy (non-hydrogen) atoms. The van der Waals surface area contributed by atoms with Gasteiger partial charge in [-0.2, -0.15) is 0 Å². The van der Waals surface area contributed by atoms with Gasteiger partial charge in [-0.25, -0.2) is 0 Å². The average molecular weight is 339 g/mol. The van der Waals surface area contributed by atoms with Gasteiger partial charge in [0.25, 0.3) is 0 Å². The third kappa shape index (κ3) is 5.15. The van der Waals surface area contributed by atoms with Gasteiger partial charge in [0.05, 0.1) is 6.10 Å². The summed E-state index contributed by atoms with van der Waals surface area (Å²) in [6, 6.07) is 6.06. The lowest BCUT2D eigenvalue weighted by atomic mass is 10.1. The molecule has 0 spiro atoms. The summed E-state index contributed by atoms with van der Waals surface area (Å²) in [5.74, 6) is 1.36. The maximum atomic E-state index is 10.0. The summed E-state index contributed by atoms with van der Waals surface area (Å²) in [7, 11) is 0. The van der Waals surface area contributed by atoms with Crippen molar-refractivity contribution in [1.82, 2.24) is 10.2 Å². The van der Waals surface area contributed by atoms with Crippen molar-refractivity contribution in [3.8, 4) is 5.75 Å². The van der Waals surface area contributed by atoms with Crippen LogP contribution in [0.25, 0.3) is 0 Å². The maximum Gasteiger partial charge on any atom is 0.206 e. The highest BCUT2D eigenvalue weighted by atomic mass is 32.2. The quantitative estimate of drug-likeness (QED) is 0.720. The molecule has 0 aliphatic heterocycles. The third-order valence-corrected chi connectivity index (χ3v) is 5.07. The van der Waals surface area contributed by atoms with E-state index in [0.29, 0.717) is 5.75 Å². The Morgan fingerprint density at radius 2 is 2.18 bits per heavy atom. The fourth-order valence-corrected chi connectivity index (χ4v) is 3.51. The molecule has 7 heteroatoms. The second-order valence-corrected chi connectivity index (χ2v) is 7.19. The molecule has 1 atom stereocenters. The van der Waals surface area contributed by atoms with Crippen molar-refractivity contribution in [2.24, 2.45) is 0 Å². The summed E-state index contributed by atoms with van der Waals surface area (Å²) >= 11 is 2.99. The zero-order chi connectivity index (χ0) is 15.9. The monoisotopic (exact) mass is 339 g/mol. The Labute approximate surface area is 139 Å². The van der Waals surface area contributed by atoms with Crippen molar-refractivity contribution in [3.63, 3.8) is 0 Å². The van der Waals surface area contributed by atoms with Gasteiger partial charge in [-0.05, 0) is 38.0 Å². The Bertz CT molecular complexity index is 604. The number of aliphatic hydroxyl groups excluding tert-OH is 1. The zero-order valence-electron chi connectivity index (χ0n) is 13.0. The topological polar surface area (TPSA) is 67.3 Å². The third-order valence-electron chi connectivity index (χ3n) is 2.91. The molecule has 0 amide bonds. The minimum absolute atomic E-state index is 0.274. The van der Waals surface area contributed by atoms with Crippen molar-refractivity contribution in [2.75, 3.05) is 24.2 Å². The second-order valence-electron chi connectivity index (χ2n) is 4.95. The number of nitrogens with zero attached hydrogens (tertiary/aromatic N) is 2. The molecule has 1 aromatic heterocycles. The van der Waals surface area contributed by atoms with Crippen LogP contribution in [0.15, 0.2) is 22.5 Å². The molecule has 5 nitrogen and oxygen atoms in total. The molecule has 0 bridgehead atoms. The molecule has 0 saturated heterocycles. The summed E-state index contributed by atoms with van der Waals surface area (Å²) in [4.78, 5) is 0. The van der Waals surface area contributed by atoms with Crippen LogP contribution in [0.1, 0.15) is 18.1 Å². The molecule has 0 aliphatic rings. The first-order valence-electron chi connectivity index (χ1n) is 7.16. The van der Waals surface area contributed by atoms with Gasteiger partial charge in [0, 0.05) is 12.3 Å². The lowest BCUT2D eigenvalue weighted by molar-refractivity contribution is 0.126. The zero-order valence-corrected chi connectivity index (χ0v) is 14.6. The van der Waals surface area contributed by atoms with Gasteiger partial charge >= 0.3 is 0 Å². The van der Waals surface area contributed by atoms with Gasteiger partial charge in [-0.15, -0.1) is 10.2 Å². The van der Waals surface area contributed by atoms with Crippen molar-refractivity contribution < 1.29 is 9.84 Å². The molecule has 1 aromatic carbocycles. The van der Waals surface area contributed by atoms with Crippen LogP contribution in [-0.4, -0.2) is 40.3 Å². The number of aromatic nitrogens is 2. The van der Waals surface area contributed by atoms with E-state index >= 15 is 0 Å². The molecular weight excluding hydrogens is 318 g/mol. The van der Waals surface area contributed by atoms with Crippen LogP contribution in [0, 0.1) is 13.8 Å². The maximum absolute atomic E-state index is 10.0. The van der Waals surface area contributed by atoms with Crippen LogP contribution in [-0.2, 0) is 0 Å². The van der Waals surface area contributed by atoms with E-state index in [9.17, 15) is 5.11 Å². The number of anilines is 1. The lowest BCUT2D eigenvalue weighted by Gasteiger charge is -2.13. The standard InChI is InChI=1S/C15H21N3O2S2/c1-4-16-14-17-18-15(22-14)21-9-12(19)8-20-13-7-10(2)5-6-11(13)3/h5-7,12,19H,4,8-9H2,1-3H3,(H,16,17). The molecule has 2 N–H and O–H groups in total. The number of hydrogen-bond donors (Lipinski definition) is 2. The van der Waals surface area contributed by atoms with Crippen LogP contribution in [0.3, 0.4) is 0 Å². The molecule has 0 aliphatic carbocycles. The van der Waals surface area contributed by atoms with Gasteiger partial charge in [0.15, 0.2) is 4.34 Å². The van der Waals surface area contributed by atoms with E-state index in [1.807, 2.05) is 39.0 Å². The molecule has 1 unspecified atom stereocenters. The molecule has 0 fully saturated rings. The second kappa shape index (κ2) is 8.36. The Morgan fingerprint density at radius 1 is 1.36 bits per heavy atom. The predicted octanol–water partition coefficient (Wildman–Crippen LogP) is 3.12. The summed E-state index contributed by atoms with van der Waals surface area (Å²) < 4.78 is 6.55. The van der Waals surface area contributed by atoms with E-state index in [0.717, 1.165) is 32.9 Å².